The molecule has 1 atom stereocenters. The number of carbonyl (C=O) groups is 1. The number of rotatable bonds is 5. The van der Waals surface area contributed by atoms with Gasteiger partial charge in [0, 0.05) is 18.5 Å². The van der Waals surface area contributed by atoms with Gasteiger partial charge in [-0.2, -0.15) is 0 Å². The van der Waals surface area contributed by atoms with Crippen LogP contribution in [-0.2, 0) is 4.79 Å². The highest BCUT2D eigenvalue weighted by Crippen LogP contribution is 2.38. The summed E-state index contributed by atoms with van der Waals surface area (Å²) in [5.41, 5.74) is 0. The van der Waals surface area contributed by atoms with Crippen LogP contribution in [0.25, 0.3) is 0 Å². The van der Waals surface area contributed by atoms with Gasteiger partial charge in [0.1, 0.15) is 0 Å². The van der Waals surface area contributed by atoms with Gasteiger partial charge in [-0.3, -0.25) is 4.79 Å². The lowest BCUT2D eigenvalue weighted by Crippen LogP contribution is -2.43. The van der Waals surface area contributed by atoms with Crippen LogP contribution in [0.2, 0.25) is 0 Å². The Labute approximate surface area is 97.8 Å². The first-order valence-corrected chi connectivity index (χ1v) is 6.65. The van der Waals surface area contributed by atoms with Crippen LogP contribution in [0.3, 0.4) is 0 Å². The molecule has 3 nitrogen and oxygen atoms in total. The summed E-state index contributed by atoms with van der Waals surface area (Å²) < 4.78 is 0. The van der Waals surface area contributed by atoms with Gasteiger partial charge in [0.05, 0.1) is 6.61 Å². The molecule has 3 heteroatoms. The summed E-state index contributed by atoms with van der Waals surface area (Å²) in [6.45, 7) is 2.68. The Balaban J connectivity index is 1.96. The van der Waals surface area contributed by atoms with Gasteiger partial charge in [-0.15, -0.1) is 0 Å². The van der Waals surface area contributed by atoms with E-state index in [2.05, 4.69) is 6.92 Å². The van der Waals surface area contributed by atoms with Crippen molar-refractivity contribution in [2.75, 3.05) is 13.2 Å². The first kappa shape index (κ1) is 11.9. The van der Waals surface area contributed by atoms with Gasteiger partial charge in [0.15, 0.2) is 0 Å². The average molecular weight is 225 g/mol. The van der Waals surface area contributed by atoms with Crippen molar-refractivity contribution >= 4 is 5.91 Å². The molecule has 2 aliphatic rings. The molecule has 0 radical (unpaired) electrons. The highest BCUT2D eigenvalue weighted by Gasteiger charge is 2.37. The zero-order valence-electron chi connectivity index (χ0n) is 10.2. The number of nitrogens with zero attached hydrogens (tertiary/aromatic N) is 1. The van der Waals surface area contributed by atoms with Crippen molar-refractivity contribution in [2.45, 2.75) is 51.5 Å². The molecule has 2 saturated carbocycles. The SMILES string of the molecule is CC(C(=O)N(CCO)C1CCCC1)C1CC1. The molecule has 1 unspecified atom stereocenters. The van der Waals surface area contributed by atoms with Crippen LogP contribution in [0, 0.1) is 11.8 Å². The van der Waals surface area contributed by atoms with Gasteiger partial charge < -0.3 is 10.0 Å². The Bertz CT molecular complexity index is 244. The number of aliphatic hydroxyl groups excluding tert-OH is 1. The Morgan fingerprint density at radius 2 is 1.94 bits per heavy atom. The maximum atomic E-state index is 12.3. The number of carbonyl (C=O) groups excluding carboxylic acids is 1. The Morgan fingerprint density at radius 1 is 1.31 bits per heavy atom. The summed E-state index contributed by atoms with van der Waals surface area (Å²) in [6, 6.07) is 0.404. The van der Waals surface area contributed by atoms with E-state index in [1.54, 1.807) is 0 Å². The van der Waals surface area contributed by atoms with Gasteiger partial charge in [-0.05, 0) is 31.6 Å². The smallest absolute Gasteiger partial charge is 0.226 e. The minimum absolute atomic E-state index is 0.0969. The highest BCUT2D eigenvalue weighted by molar-refractivity contribution is 5.79. The van der Waals surface area contributed by atoms with E-state index in [0.29, 0.717) is 18.5 Å². The summed E-state index contributed by atoms with van der Waals surface area (Å²) in [4.78, 5) is 14.3. The fraction of sp³-hybridized carbons (Fsp3) is 0.923. The van der Waals surface area contributed by atoms with Crippen LogP contribution < -0.4 is 0 Å². The van der Waals surface area contributed by atoms with Crippen LogP contribution in [0.15, 0.2) is 0 Å². The van der Waals surface area contributed by atoms with Crippen molar-refractivity contribution in [3.05, 3.63) is 0 Å². The molecule has 0 saturated heterocycles. The van der Waals surface area contributed by atoms with Crippen molar-refractivity contribution in [3.63, 3.8) is 0 Å². The summed E-state index contributed by atoms with van der Waals surface area (Å²) in [6.07, 6.45) is 7.15. The average Bonchev–Trinajstić information content (AvgIpc) is 3.00. The van der Waals surface area contributed by atoms with E-state index in [1.165, 1.54) is 25.7 Å². The number of aliphatic hydroxyl groups is 1. The monoisotopic (exact) mass is 225 g/mol. The first-order chi connectivity index (χ1) is 7.74. The number of hydrogen-bond acceptors (Lipinski definition) is 2. The molecule has 2 fully saturated rings. The van der Waals surface area contributed by atoms with Crippen molar-refractivity contribution in [1.29, 1.82) is 0 Å². The molecule has 1 N–H and O–H groups in total. The largest absolute Gasteiger partial charge is 0.395 e. The quantitative estimate of drug-likeness (QED) is 0.775. The van der Waals surface area contributed by atoms with E-state index < -0.39 is 0 Å². The van der Waals surface area contributed by atoms with Crippen molar-refractivity contribution in [2.24, 2.45) is 11.8 Å². The van der Waals surface area contributed by atoms with Crippen molar-refractivity contribution in [1.82, 2.24) is 4.90 Å². The third-order valence-corrected chi connectivity index (χ3v) is 4.11. The van der Waals surface area contributed by atoms with Crippen LogP contribution in [-0.4, -0.2) is 35.1 Å². The molecule has 0 heterocycles. The molecule has 0 aromatic heterocycles. The standard InChI is InChI=1S/C13H23NO2/c1-10(11-6-7-11)13(16)14(8-9-15)12-4-2-3-5-12/h10-12,15H,2-9H2,1H3. The summed E-state index contributed by atoms with van der Waals surface area (Å²) in [5.74, 6) is 1.07. The minimum atomic E-state index is 0.0969. The third kappa shape index (κ3) is 2.57. The third-order valence-electron chi connectivity index (χ3n) is 4.11. The lowest BCUT2D eigenvalue weighted by Gasteiger charge is -2.31. The number of amides is 1. The molecule has 0 aliphatic heterocycles. The van der Waals surface area contributed by atoms with Crippen LogP contribution in [0.5, 0.6) is 0 Å². The van der Waals surface area contributed by atoms with Gasteiger partial charge in [0.25, 0.3) is 0 Å². The van der Waals surface area contributed by atoms with Crippen LogP contribution in [0.1, 0.15) is 45.4 Å². The number of hydrogen-bond donors (Lipinski definition) is 1. The van der Waals surface area contributed by atoms with Crippen molar-refractivity contribution < 1.29 is 9.90 Å². The molecule has 92 valence electrons. The van der Waals surface area contributed by atoms with Crippen LogP contribution in [0.4, 0.5) is 0 Å². The second kappa shape index (κ2) is 5.17. The molecule has 1 amide bonds. The Morgan fingerprint density at radius 3 is 2.44 bits per heavy atom. The lowest BCUT2D eigenvalue weighted by molar-refractivity contribution is -0.138. The van der Waals surface area contributed by atoms with Gasteiger partial charge in [-0.25, -0.2) is 0 Å². The Kier molecular flexibility index (Phi) is 3.85. The fourth-order valence-corrected chi connectivity index (χ4v) is 2.86. The molecule has 2 rings (SSSR count). The zero-order chi connectivity index (χ0) is 11.5. The molecule has 0 bridgehead atoms. The van der Waals surface area contributed by atoms with E-state index in [4.69, 9.17) is 5.11 Å². The van der Waals surface area contributed by atoms with Crippen molar-refractivity contribution in [3.8, 4) is 0 Å². The van der Waals surface area contributed by atoms with E-state index in [9.17, 15) is 4.79 Å². The second-order valence-electron chi connectivity index (χ2n) is 5.32. The van der Waals surface area contributed by atoms with E-state index >= 15 is 0 Å². The second-order valence-corrected chi connectivity index (χ2v) is 5.32. The molecule has 2 aliphatic carbocycles. The van der Waals surface area contributed by atoms with E-state index in [-0.39, 0.29) is 18.4 Å². The summed E-state index contributed by atoms with van der Waals surface area (Å²) >= 11 is 0. The molecule has 0 aromatic carbocycles. The predicted octanol–water partition coefficient (Wildman–Crippen LogP) is 1.80. The Hall–Kier alpha value is -0.570. The van der Waals surface area contributed by atoms with E-state index in [1.807, 2.05) is 4.90 Å². The normalized spacial score (nSPS) is 23.4. The molecule has 16 heavy (non-hydrogen) atoms. The molecule has 0 spiro atoms. The fourth-order valence-electron chi connectivity index (χ4n) is 2.86. The molecular formula is C13H23NO2. The zero-order valence-corrected chi connectivity index (χ0v) is 10.2. The first-order valence-electron chi connectivity index (χ1n) is 6.65. The maximum absolute atomic E-state index is 12.3. The summed E-state index contributed by atoms with van der Waals surface area (Å²) in [7, 11) is 0. The van der Waals surface area contributed by atoms with Gasteiger partial charge >= 0.3 is 0 Å². The van der Waals surface area contributed by atoms with Gasteiger partial charge in [0.2, 0.25) is 5.91 Å². The van der Waals surface area contributed by atoms with Gasteiger partial charge in [-0.1, -0.05) is 19.8 Å². The predicted molar refractivity (Wildman–Crippen MR) is 62.9 cm³/mol. The summed E-state index contributed by atoms with van der Waals surface area (Å²) in [5, 5.41) is 9.09. The van der Waals surface area contributed by atoms with Crippen LogP contribution >= 0.6 is 0 Å². The lowest BCUT2D eigenvalue weighted by atomic mass is 10.0. The topological polar surface area (TPSA) is 40.5 Å². The van der Waals surface area contributed by atoms with E-state index in [0.717, 1.165) is 12.8 Å². The maximum Gasteiger partial charge on any atom is 0.226 e. The minimum Gasteiger partial charge on any atom is -0.395 e. The highest BCUT2D eigenvalue weighted by atomic mass is 16.3. The molecular weight excluding hydrogens is 202 g/mol. The molecule has 0 aromatic rings.